The number of thiazole rings is 1. The fraction of sp³-hybridized carbons (Fsp3) is 0.364. The summed E-state index contributed by atoms with van der Waals surface area (Å²) in [4.78, 5) is 17.9. The van der Waals surface area contributed by atoms with Crippen LogP contribution in [0.4, 0.5) is 0 Å². The number of carbonyl (C=O) groups is 1. The minimum Gasteiger partial charge on any atom is -0.315 e. The number of fused-ring (bicyclic) bond motifs is 1. The average Bonchev–Trinajstić information content (AvgIpc) is 3.10. The summed E-state index contributed by atoms with van der Waals surface area (Å²) in [6.07, 6.45) is 2.58. The Morgan fingerprint density at radius 1 is 1.13 bits per heavy atom. The number of hydrogen-bond donors (Lipinski definition) is 0. The van der Waals surface area contributed by atoms with E-state index in [9.17, 15) is 13.2 Å². The second kappa shape index (κ2) is 10.1. The minimum absolute atomic E-state index is 0.164. The normalized spacial score (nSPS) is 12.7. The molecule has 0 fully saturated rings. The molecule has 0 saturated heterocycles. The number of aromatic nitrogens is 1. The van der Waals surface area contributed by atoms with Crippen molar-refractivity contribution in [2.45, 2.75) is 44.6 Å². The molecule has 2 aromatic carbocycles. The molecule has 0 N–H and O–H groups in total. The van der Waals surface area contributed by atoms with Crippen LogP contribution < -0.4 is 4.80 Å². The van der Waals surface area contributed by atoms with Crippen LogP contribution in [-0.4, -0.2) is 36.8 Å². The van der Waals surface area contributed by atoms with Gasteiger partial charge < -0.3 is 4.57 Å². The number of aryl methyl sites for hydroxylation is 1. The Bertz CT molecular complexity index is 1250. The number of para-hydroxylation sites is 1. The molecule has 1 heterocycles. The van der Waals surface area contributed by atoms with Gasteiger partial charge in [0.1, 0.15) is 0 Å². The van der Waals surface area contributed by atoms with Gasteiger partial charge >= 0.3 is 0 Å². The highest BCUT2D eigenvalue weighted by Crippen LogP contribution is 2.25. The predicted molar refractivity (Wildman–Crippen MR) is 126 cm³/mol. The van der Waals surface area contributed by atoms with Crippen molar-refractivity contribution < 1.29 is 13.2 Å². The summed E-state index contributed by atoms with van der Waals surface area (Å²) >= 11 is 7.79. The SMILES string of the molecule is CCCCN(C)S(=O)(=O)c1ccc(C(=O)N=c2sc3cccc(Cl)c3n2CCC)cc1. The Labute approximate surface area is 191 Å². The lowest BCUT2D eigenvalue weighted by molar-refractivity contribution is 0.0997. The molecule has 0 unspecified atom stereocenters. The van der Waals surface area contributed by atoms with Gasteiger partial charge in [0.2, 0.25) is 10.0 Å². The molecule has 0 aliphatic rings. The van der Waals surface area contributed by atoms with E-state index in [1.54, 1.807) is 7.05 Å². The molecule has 0 saturated carbocycles. The second-order valence-electron chi connectivity index (χ2n) is 7.24. The Kier molecular flexibility index (Phi) is 7.69. The van der Waals surface area contributed by atoms with Gasteiger partial charge in [-0.2, -0.15) is 4.99 Å². The van der Waals surface area contributed by atoms with Crippen molar-refractivity contribution in [3.05, 3.63) is 57.9 Å². The van der Waals surface area contributed by atoms with Gasteiger partial charge in [-0.3, -0.25) is 4.79 Å². The smallest absolute Gasteiger partial charge is 0.279 e. The van der Waals surface area contributed by atoms with Crippen molar-refractivity contribution in [1.82, 2.24) is 8.87 Å². The molecule has 0 atom stereocenters. The van der Waals surface area contributed by atoms with Crippen LogP contribution in [0, 0.1) is 0 Å². The van der Waals surface area contributed by atoms with Gasteiger partial charge in [-0.05, 0) is 49.2 Å². The fourth-order valence-electron chi connectivity index (χ4n) is 3.20. The van der Waals surface area contributed by atoms with Crippen LogP contribution in [-0.2, 0) is 16.6 Å². The lowest BCUT2D eigenvalue weighted by Crippen LogP contribution is -2.27. The first kappa shape index (κ1) is 23.7. The van der Waals surface area contributed by atoms with E-state index in [0.717, 1.165) is 29.5 Å². The topological polar surface area (TPSA) is 71.7 Å². The molecule has 1 amide bonds. The van der Waals surface area contributed by atoms with Crippen LogP contribution in [0.1, 0.15) is 43.5 Å². The standard InChI is InChI=1S/C22H26ClN3O3S2/c1-4-6-15-25(3)31(28,29)17-12-10-16(11-13-17)21(27)24-22-26(14-5-2)20-18(23)8-7-9-19(20)30-22/h7-13H,4-6,14-15H2,1-3H3. The second-order valence-corrected chi connectivity index (χ2v) is 10.7. The molecule has 0 radical (unpaired) electrons. The third-order valence-electron chi connectivity index (χ3n) is 4.93. The summed E-state index contributed by atoms with van der Waals surface area (Å²) in [5.41, 5.74) is 1.21. The van der Waals surface area contributed by atoms with Gasteiger partial charge in [0.05, 0.1) is 20.1 Å². The maximum Gasteiger partial charge on any atom is 0.279 e. The van der Waals surface area contributed by atoms with Crippen LogP contribution in [0.2, 0.25) is 5.02 Å². The molecule has 0 aliphatic carbocycles. The summed E-state index contributed by atoms with van der Waals surface area (Å²) in [5.74, 6) is -0.421. The van der Waals surface area contributed by atoms with E-state index >= 15 is 0 Å². The van der Waals surface area contributed by atoms with Crippen molar-refractivity contribution in [1.29, 1.82) is 0 Å². The van der Waals surface area contributed by atoms with E-state index in [1.165, 1.54) is 39.9 Å². The highest BCUT2D eigenvalue weighted by Gasteiger charge is 2.20. The van der Waals surface area contributed by atoms with Crippen LogP contribution in [0.3, 0.4) is 0 Å². The molecule has 3 rings (SSSR count). The van der Waals surface area contributed by atoms with Gasteiger partial charge in [0.15, 0.2) is 4.80 Å². The predicted octanol–water partition coefficient (Wildman–Crippen LogP) is 4.93. The molecule has 0 bridgehead atoms. The number of unbranched alkanes of at least 4 members (excludes halogenated alkanes) is 1. The van der Waals surface area contributed by atoms with Gasteiger partial charge in [0.25, 0.3) is 5.91 Å². The molecule has 31 heavy (non-hydrogen) atoms. The van der Waals surface area contributed by atoms with E-state index in [4.69, 9.17) is 11.6 Å². The number of sulfonamides is 1. The quantitative estimate of drug-likeness (QED) is 0.460. The van der Waals surface area contributed by atoms with Crippen molar-refractivity contribution in [2.24, 2.45) is 4.99 Å². The zero-order valence-electron chi connectivity index (χ0n) is 17.8. The fourth-order valence-corrected chi connectivity index (χ4v) is 5.83. The molecule has 0 spiro atoms. The van der Waals surface area contributed by atoms with Gasteiger partial charge in [-0.1, -0.05) is 49.3 Å². The van der Waals surface area contributed by atoms with Crippen molar-refractivity contribution in [3.8, 4) is 0 Å². The lowest BCUT2D eigenvalue weighted by atomic mass is 10.2. The summed E-state index contributed by atoms with van der Waals surface area (Å²) in [6.45, 7) is 5.21. The molecular weight excluding hydrogens is 454 g/mol. The van der Waals surface area contributed by atoms with Crippen LogP contribution in [0.15, 0.2) is 52.4 Å². The molecule has 6 nitrogen and oxygen atoms in total. The maximum atomic E-state index is 12.8. The molecule has 0 aliphatic heterocycles. The molecular formula is C22H26ClN3O3S2. The van der Waals surface area contributed by atoms with Crippen molar-refractivity contribution >= 4 is 49.1 Å². The Balaban J connectivity index is 1.93. The van der Waals surface area contributed by atoms with E-state index in [2.05, 4.69) is 11.9 Å². The van der Waals surface area contributed by atoms with E-state index in [0.29, 0.717) is 28.5 Å². The number of amides is 1. The molecule has 9 heteroatoms. The Morgan fingerprint density at radius 2 is 1.84 bits per heavy atom. The highest BCUT2D eigenvalue weighted by molar-refractivity contribution is 7.89. The number of halogens is 1. The van der Waals surface area contributed by atoms with E-state index < -0.39 is 15.9 Å². The van der Waals surface area contributed by atoms with E-state index in [1.807, 2.05) is 29.7 Å². The molecule has 1 aromatic heterocycles. The summed E-state index contributed by atoms with van der Waals surface area (Å²) in [5, 5.41) is 0.623. The van der Waals surface area contributed by atoms with E-state index in [-0.39, 0.29) is 4.90 Å². The number of carbonyl (C=O) groups excluding carboxylic acids is 1. The van der Waals surface area contributed by atoms with Crippen LogP contribution in [0.5, 0.6) is 0 Å². The highest BCUT2D eigenvalue weighted by atomic mass is 35.5. The first-order valence-corrected chi connectivity index (χ1v) is 12.9. The Hall–Kier alpha value is -2.00. The molecule has 166 valence electrons. The number of rotatable bonds is 8. The van der Waals surface area contributed by atoms with Crippen LogP contribution >= 0.6 is 22.9 Å². The zero-order valence-corrected chi connectivity index (χ0v) is 20.2. The van der Waals surface area contributed by atoms with Gasteiger partial charge in [0, 0.05) is 25.7 Å². The minimum atomic E-state index is -3.57. The number of hydrogen-bond acceptors (Lipinski definition) is 4. The summed E-state index contributed by atoms with van der Waals surface area (Å²) in [6, 6.07) is 11.6. The van der Waals surface area contributed by atoms with Gasteiger partial charge in [-0.25, -0.2) is 12.7 Å². The first-order valence-electron chi connectivity index (χ1n) is 10.2. The average molecular weight is 480 g/mol. The summed E-state index contributed by atoms with van der Waals surface area (Å²) in [7, 11) is -2.01. The first-order chi connectivity index (χ1) is 14.8. The maximum absolute atomic E-state index is 12.8. The van der Waals surface area contributed by atoms with Crippen molar-refractivity contribution in [3.63, 3.8) is 0 Å². The third-order valence-corrected chi connectivity index (χ3v) is 8.15. The monoisotopic (exact) mass is 479 g/mol. The number of benzene rings is 2. The zero-order chi connectivity index (χ0) is 22.6. The number of nitrogens with zero attached hydrogens (tertiary/aromatic N) is 3. The third kappa shape index (κ3) is 5.09. The van der Waals surface area contributed by atoms with Crippen molar-refractivity contribution in [2.75, 3.05) is 13.6 Å². The molecule has 3 aromatic rings. The lowest BCUT2D eigenvalue weighted by Gasteiger charge is -2.16. The van der Waals surface area contributed by atoms with Crippen LogP contribution in [0.25, 0.3) is 10.2 Å². The largest absolute Gasteiger partial charge is 0.315 e. The van der Waals surface area contributed by atoms with Gasteiger partial charge in [-0.15, -0.1) is 0 Å². The Morgan fingerprint density at radius 3 is 2.48 bits per heavy atom. The summed E-state index contributed by atoms with van der Waals surface area (Å²) < 4.78 is 29.6.